The van der Waals surface area contributed by atoms with Crippen LogP contribution in [-0.2, 0) is 4.74 Å². The highest BCUT2D eigenvalue weighted by atomic mass is 35.5. The zero-order chi connectivity index (χ0) is 10.7. The van der Waals surface area contributed by atoms with E-state index in [4.69, 9.17) is 4.74 Å². The van der Waals surface area contributed by atoms with Crippen LogP contribution in [0.15, 0.2) is 30.3 Å². The Hall–Kier alpha value is -1.39. The lowest BCUT2D eigenvalue weighted by Gasteiger charge is -1.99. The second-order valence-corrected chi connectivity index (χ2v) is 3.01. The second kappa shape index (κ2) is 7.04. The zero-order valence-electron chi connectivity index (χ0n) is 9.14. The van der Waals surface area contributed by atoms with E-state index < -0.39 is 6.16 Å². The number of carbonyl (C=O) groups excluding carboxylic acids is 1. The maximum atomic E-state index is 11.0. The largest absolute Gasteiger partial charge is 0.515 e. The summed E-state index contributed by atoms with van der Waals surface area (Å²) in [7, 11) is 0. The first-order valence-corrected chi connectivity index (χ1v) is 4.72. The topological polar surface area (TPSA) is 51.3 Å². The van der Waals surface area contributed by atoms with Crippen LogP contribution in [0.4, 0.5) is 4.79 Å². The third-order valence-electron chi connectivity index (χ3n) is 1.96. The molecule has 0 aliphatic carbocycles. The van der Waals surface area contributed by atoms with Crippen LogP contribution in [-0.4, -0.2) is 17.7 Å². The molecule has 1 N–H and O–H groups in total. The van der Waals surface area contributed by atoms with Crippen molar-refractivity contribution < 1.29 is 14.3 Å². The van der Waals surface area contributed by atoms with Crippen molar-refractivity contribution in [1.82, 2.24) is 4.98 Å². The van der Waals surface area contributed by atoms with Gasteiger partial charge in [0.2, 0.25) is 5.88 Å². The summed E-state index contributed by atoms with van der Waals surface area (Å²) in [6, 6.07) is 9.43. The van der Waals surface area contributed by atoms with E-state index in [9.17, 15) is 4.79 Å². The maximum absolute atomic E-state index is 11.0. The maximum Gasteiger partial charge on any atom is 0.515 e. The lowest BCUT2D eigenvalue weighted by atomic mass is 10.3. The number of rotatable bonds is 2. The van der Waals surface area contributed by atoms with Gasteiger partial charge in [-0.1, -0.05) is 18.2 Å². The normalized spacial score (nSPS) is 9.00. The van der Waals surface area contributed by atoms with Crippen LogP contribution in [0.1, 0.15) is 6.92 Å². The van der Waals surface area contributed by atoms with E-state index in [2.05, 4.69) is 9.72 Å². The van der Waals surface area contributed by atoms with E-state index >= 15 is 0 Å². The fourth-order valence-corrected chi connectivity index (χ4v) is 1.34. The first-order chi connectivity index (χ1) is 7.29. The van der Waals surface area contributed by atoms with Crippen molar-refractivity contribution in [2.45, 2.75) is 6.92 Å². The molecule has 0 aliphatic rings. The number of carbonyl (C=O) groups is 1. The van der Waals surface area contributed by atoms with Gasteiger partial charge in [0.15, 0.2) is 0 Å². The highest BCUT2D eigenvalue weighted by molar-refractivity contribution is 5.85. The Morgan fingerprint density at radius 3 is 2.65 bits per heavy atom. The SMILES string of the molecule is CCOC(=O)Oc1cc2ccccc2[nH]1.Cl.Cl. The average Bonchev–Trinajstić information content (AvgIpc) is 2.59. The molecule has 17 heavy (non-hydrogen) atoms. The Balaban J connectivity index is 0.00000128. The van der Waals surface area contributed by atoms with E-state index in [0.717, 1.165) is 10.9 Å². The lowest BCUT2D eigenvalue weighted by Crippen LogP contribution is -2.09. The van der Waals surface area contributed by atoms with Gasteiger partial charge in [0.1, 0.15) is 0 Å². The first kappa shape index (κ1) is 15.6. The Morgan fingerprint density at radius 2 is 2.00 bits per heavy atom. The Bertz CT molecular complexity index is 451. The van der Waals surface area contributed by atoms with E-state index in [1.54, 1.807) is 13.0 Å². The molecule has 0 radical (unpaired) electrons. The predicted octanol–water partition coefficient (Wildman–Crippen LogP) is 3.55. The van der Waals surface area contributed by atoms with E-state index in [1.165, 1.54) is 0 Å². The Morgan fingerprint density at radius 1 is 1.29 bits per heavy atom. The molecule has 0 spiro atoms. The molecule has 6 heteroatoms. The summed E-state index contributed by atoms with van der Waals surface area (Å²) in [5, 5.41) is 0.997. The lowest BCUT2D eigenvalue weighted by molar-refractivity contribution is 0.103. The Labute approximate surface area is 111 Å². The first-order valence-electron chi connectivity index (χ1n) is 4.72. The molecule has 0 unspecified atom stereocenters. The van der Waals surface area contributed by atoms with Gasteiger partial charge in [-0.3, -0.25) is 0 Å². The molecule has 2 aromatic rings. The smallest absolute Gasteiger partial charge is 0.434 e. The van der Waals surface area contributed by atoms with E-state index in [1.807, 2.05) is 24.3 Å². The number of para-hydroxylation sites is 1. The summed E-state index contributed by atoms with van der Waals surface area (Å²) in [6.45, 7) is 2.03. The molecule has 1 heterocycles. The minimum atomic E-state index is -0.691. The molecule has 0 fully saturated rings. The van der Waals surface area contributed by atoms with Crippen molar-refractivity contribution in [1.29, 1.82) is 0 Å². The molecule has 94 valence electrons. The molecule has 0 saturated heterocycles. The van der Waals surface area contributed by atoms with Crippen LogP contribution in [0.5, 0.6) is 5.88 Å². The number of fused-ring (bicyclic) bond motifs is 1. The molecule has 0 aliphatic heterocycles. The van der Waals surface area contributed by atoms with Gasteiger partial charge in [0.25, 0.3) is 0 Å². The van der Waals surface area contributed by atoms with Crippen LogP contribution in [0, 0.1) is 0 Å². The minimum absolute atomic E-state index is 0. The number of hydrogen-bond donors (Lipinski definition) is 1. The monoisotopic (exact) mass is 277 g/mol. The quantitative estimate of drug-likeness (QED) is 0.855. The van der Waals surface area contributed by atoms with Crippen molar-refractivity contribution in [2.24, 2.45) is 0 Å². The van der Waals surface area contributed by atoms with Crippen LogP contribution in [0.25, 0.3) is 10.9 Å². The van der Waals surface area contributed by atoms with Gasteiger partial charge in [-0.15, -0.1) is 24.8 Å². The number of nitrogens with one attached hydrogen (secondary N) is 1. The van der Waals surface area contributed by atoms with Crippen LogP contribution < -0.4 is 4.74 Å². The fraction of sp³-hybridized carbons (Fsp3) is 0.182. The number of benzene rings is 1. The van der Waals surface area contributed by atoms with Gasteiger partial charge in [0, 0.05) is 17.0 Å². The summed E-state index contributed by atoms with van der Waals surface area (Å²) < 4.78 is 9.58. The molecule has 0 bridgehead atoms. The highest BCUT2D eigenvalue weighted by Crippen LogP contribution is 2.19. The number of aromatic amines is 1. The number of ether oxygens (including phenoxy) is 2. The summed E-state index contributed by atoms with van der Waals surface area (Å²) in [4.78, 5) is 14.0. The zero-order valence-corrected chi connectivity index (χ0v) is 10.8. The number of hydrogen-bond acceptors (Lipinski definition) is 3. The molecule has 1 aromatic carbocycles. The third-order valence-corrected chi connectivity index (χ3v) is 1.96. The summed E-state index contributed by atoms with van der Waals surface area (Å²) in [5.74, 6) is 0.398. The summed E-state index contributed by atoms with van der Waals surface area (Å²) >= 11 is 0. The average molecular weight is 278 g/mol. The van der Waals surface area contributed by atoms with Crippen molar-refractivity contribution in [3.8, 4) is 5.88 Å². The summed E-state index contributed by atoms with van der Waals surface area (Å²) in [6.07, 6.45) is -0.691. The van der Waals surface area contributed by atoms with E-state index in [-0.39, 0.29) is 24.8 Å². The second-order valence-electron chi connectivity index (χ2n) is 3.01. The van der Waals surface area contributed by atoms with Crippen molar-refractivity contribution in [3.05, 3.63) is 30.3 Å². The van der Waals surface area contributed by atoms with Gasteiger partial charge in [-0.25, -0.2) is 4.79 Å². The Kier molecular flexibility index (Phi) is 6.46. The fourth-order valence-electron chi connectivity index (χ4n) is 1.34. The molecule has 4 nitrogen and oxygen atoms in total. The third kappa shape index (κ3) is 3.84. The van der Waals surface area contributed by atoms with Crippen LogP contribution in [0.2, 0.25) is 0 Å². The predicted molar refractivity (Wildman–Crippen MR) is 70.4 cm³/mol. The molecule has 1 aromatic heterocycles. The molecule has 2 rings (SSSR count). The molecular weight excluding hydrogens is 265 g/mol. The minimum Gasteiger partial charge on any atom is -0.434 e. The highest BCUT2D eigenvalue weighted by Gasteiger charge is 2.07. The number of H-pyrrole nitrogens is 1. The standard InChI is InChI=1S/C11H11NO3.2ClH/c1-2-14-11(13)15-10-7-8-5-3-4-6-9(8)12-10;;/h3-7,12H,2H2,1H3;2*1H. The van der Waals surface area contributed by atoms with Gasteiger partial charge in [0.05, 0.1) is 6.61 Å². The van der Waals surface area contributed by atoms with Crippen LogP contribution in [0.3, 0.4) is 0 Å². The van der Waals surface area contributed by atoms with Crippen LogP contribution >= 0.6 is 24.8 Å². The molecule has 0 amide bonds. The number of halogens is 2. The van der Waals surface area contributed by atoms with Crippen molar-refractivity contribution in [3.63, 3.8) is 0 Å². The van der Waals surface area contributed by atoms with Gasteiger partial charge in [-0.2, -0.15) is 0 Å². The number of aromatic nitrogens is 1. The van der Waals surface area contributed by atoms with Crippen molar-refractivity contribution >= 4 is 41.9 Å². The summed E-state index contributed by atoms with van der Waals surface area (Å²) in [5.41, 5.74) is 0.928. The van der Waals surface area contributed by atoms with E-state index in [0.29, 0.717) is 12.5 Å². The van der Waals surface area contributed by atoms with Gasteiger partial charge >= 0.3 is 6.16 Å². The van der Waals surface area contributed by atoms with Crippen molar-refractivity contribution in [2.75, 3.05) is 6.61 Å². The molecule has 0 saturated carbocycles. The van der Waals surface area contributed by atoms with Gasteiger partial charge < -0.3 is 14.5 Å². The molecular formula is C11H13Cl2NO3. The van der Waals surface area contributed by atoms with Gasteiger partial charge in [-0.05, 0) is 13.0 Å². The molecule has 0 atom stereocenters.